The first-order valence-corrected chi connectivity index (χ1v) is 13.9. The van der Waals surface area contributed by atoms with Gasteiger partial charge in [-0.05, 0) is 80.0 Å². The molecule has 5 rings (SSSR count). The van der Waals surface area contributed by atoms with Crippen LogP contribution >= 0.6 is 0 Å². The van der Waals surface area contributed by atoms with Gasteiger partial charge in [0.2, 0.25) is 18.4 Å². The average Bonchev–Trinajstić information content (AvgIpc) is 3.60. The van der Waals surface area contributed by atoms with E-state index in [2.05, 4.69) is 16.0 Å². The standard InChI is InChI=1S/C29H38N4O8/c1-37-22-9-16(10-23(38-2)28(22)35)25-17-11-20-21(41-15-40-20)12-18(17)27(19-14-39-29(36)26(19)25)33-24(34)13-32-8-4-7-31-6-3-5-30/h9-12,19,25-27,31-32,35H,3-8,13-15,30H2,1-2H3,(H,33,34). The van der Waals surface area contributed by atoms with E-state index in [9.17, 15) is 14.7 Å². The number of ether oxygens (including phenoxy) is 5. The Morgan fingerprint density at radius 2 is 1.63 bits per heavy atom. The molecule has 4 atom stereocenters. The van der Waals surface area contributed by atoms with Gasteiger partial charge in [-0.25, -0.2) is 0 Å². The summed E-state index contributed by atoms with van der Waals surface area (Å²) in [5.74, 6) is -0.485. The van der Waals surface area contributed by atoms with Gasteiger partial charge in [0.1, 0.15) is 0 Å². The summed E-state index contributed by atoms with van der Waals surface area (Å²) < 4.78 is 27.8. The number of aromatic hydroxyl groups is 1. The smallest absolute Gasteiger partial charge is 0.310 e. The molecule has 2 aromatic carbocycles. The Bertz CT molecular complexity index is 1250. The summed E-state index contributed by atoms with van der Waals surface area (Å²) in [5, 5.41) is 20.2. The number of esters is 1. The molecule has 1 aliphatic carbocycles. The lowest BCUT2D eigenvalue weighted by Gasteiger charge is -2.39. The van der Waals surface area contributed by atoms with Crippen molar-refractivity contribution < 1.29 is 38.4 Å². The summed E-state index contributed by atoms with van der Waals surface area (Å²) in [6.45, 7) is 3.45. The first-order valence-electron chi connectivity index (χ1n) is 13.9. The van der Waals surface area contributed by atoms with Gasteiger partial charge < -0.3 is 50.5 Å². The summed E-state index contributed by atoms with van der Waals surface area (Å²) in [6, 6.07) is 6.66. The van der Waals surface area contributed by atoms with Crippen molar-refractivity contribution in [2.24, 2.45) is 17.6 Å². The van der Waals surface area contributed by atoms with E-state index in [1.807, 2.05) is 12.1 Å². The third-order valence-corrected chi connectivity index (χ3v) is 7.92. The maximum atomic E-state index is 13.3. The van der Waals surface area contributed by atoms with Crippen LogP contribution in [0.1, 0.15) is 41.5 Å². The second-order valence-corrected chi connectivity index (χ2v) is 10.4. The van der Waals surface area contributed by atoms with Crippen molar-refractivity contribution in [1.29, 1.82) is 0 Å². The molecule has 41 heavy (non-hydrogen) atoms. The number of nitrogens with two attached hydrogens (primary N) is 1. The summed E-state index contributed by atoms with van der Waals surface area (Å²) in [5.41, 5.74) is 7.83. The molecule has 2 aromatic rings. The number of hydrogen-bond acceptors (Lipinski definition) is 11. The maximum absolute atomic E-state index is 13.3. The third-order valence-electron chi connectivity index (χ3n) is 7.92. The molecule has 12 nitrogen and oxygen atoms in total. The Kier molecular flexibility index (Phi) is 9.01. The fraction of sp³-hybridized carbons (Fsp3) is 0.517. The van der Waals surface area contributed by atoms with Crippen molar-refractivity contribution in [3.63, 3.8) is 0 Å². The minimum Gasteiger partial charge on any atom is -0.502 e. The minimum atomic E-state index is -0.598. The highest BCUT2D eigenvalue weighted by molar-refractivity contribution is 5.81. The van der Waals surface area contributed by atoms with Crippen LogP contribution < -0.4 is 40.6 Å². The van der Waals surface area contributed by atoms with Gasteiger partial charge in [0.15, 0.2) is 23.0 Å². The summed E-state index contributed by atoms with van der Waals surface area (Å²) >= 11 is 0. The second kappa shape index (κ2) is 12.8. The quantitative estimate of drug-likeness (QED) is 0.173. The molecule has 2 aliphatic heterocycles. The van der Waals surface area contributed by atoms with Gasteiger partial charge in [0.25, 0.3) is 0 Å². The zero-order chi connectivity index (χ0) is 28.9. The van der Waals surface area contributed by atoms with Gasteiger partial charge in [0, 0.05) is 11.8 Å². The van der Waals surface area contributed by atoms with Crippen LogP contribution in [-0.4, -0.2) is 77.3 Å². The number of benzene rings is 2. The Labute approximate surface area is 238 Å². The van der Waals surface area contributed by atoms with E-state index in [1.165, 1.54) is 14.2 Å². The number of carbonyl (C=O) groups is 2. The van der Waals surface area contributed by atoms with E-state index < -0.39 is 17.9 Å². The zero-order valence-corrected chi connectivity index (χ0v) is 23.4. The molecule has 1 saturated heterocycles. The summed E-state index contributed by atoms with van der Waals surface area (Å²) in [6.07, 6.45) is 1.81. The Morgan fingerprint density at radius 1 is 0.976 bits per heavy atom. The van der Waals surface area contributed by atoms with Crippen LogP contribution in [0.5, 0.6) is 28.7 Å². The van der Waals surface area contributed by atoms with Crippen LogP contribution in [0.15, 0.2) is 24.3 Å². The van der Waals surface area contributed by atoms with E-state index in [0.717, 1.165) is 37.1 Å². The van der Waals surface area contributed by atoms with Crippen molar-refractivity contribution in [2.75, 3.05) is 60.3 Å². The fourth-order valence-corrected chi connectivity index (χ4v) is 5.96. The number of amides is 1. The molecule has 1 amide bonds. The minimum absolute atomic E-state index is 0.0840. The fourth-order valence-electron chi connectivity index (χ4n) is 5.96. The average molecular weight is 571 g/mol. The number of hydrogen-bond donors (Lipinski definition) is 5. The number of phenolic OH excluding ortho intramolecular Hbond substituents is 1. The number of nitrogens with one attached hydrogen (secondary N) is 3. The Morgan fingerprint density at radius 3 is 2.32 bits per heavy atom. The molecule has 2 heterocycles. The lowest BCUT2D eigenvalue weighted by atomic mass is 9.65. The summed E-state index contributed by atoms with van der Waals surface area (Å²) in [4.78, 5) is 26.4. The van der Waals surface area contributed by atoms with Gasteiger partial charge in [-0.1, -0.05) is 0 Å². The van der Waals surface area contributed by atoms with Crippen LogP contribution in [0.4, 0.5) is 0 Å². The number of fused-ring (bicyclic) bond motifs is 3. The molecule has 222 valence electrons. The molecule has 1 fully saturated rings. The van der Waals surface area contributed by atoms with Gasteiger partial charge in [-0.3, -0.25) is 9.59 Å². The molecule has 0 saturated carbocycles. The molecule has 12 heteroatoms. The lowest BCUT2D eigenvalue weighted by Crippen LogP contribution is -2.45. The van der Waals surface area contributed by atoms with Crippen LogP contribution in [-0.2, 0) is 14.3 Å². The molecule has 0 aromatic heterocycles. The summed E-state index contributed by atoms with van der Waals surface area (Å²) in [7, 11) is 2.91. The monoisotopic (exact) mass is 570 g/mol. The van der Waals surface area contributed by atoms with Crippen LogP contribution in [0.25, 0.3) is 0 Å². The Balaban J connectivity index is 1.42. The number of phenols is 1. The van der Waals surface area contributed by atoms with E-state index >= 15 is 0 Å². The van der Waals surface area contributed by atoms with Crippen LogP contribution in [0.3, 0.4) is 0 Å². The third kappa shape index (κ3) is 5.85. The van der Waals surface area contributed by atoms with E-state index in [-0.39, 0.29) is 55.0 Å². The van der Waals surface area contributed by atoms with Crippen molar-refractivity contribution >= 4 is 11.9 Å². The highest BCUT2D eigenvalue weighted by atomic mass is 16.7. The van der Waals surface area contributed by atoms with Gasteiger partial charge in [-0.2, -0.15) is 0 Å². The van der Waals surface area contributed by atoms with Gasteiger partial charge >= 0.3 is 5.97 Å². The van der Waals surface area contributed by atoms with Crippen molar-refractivity contribution in [1.82, 2.24) is 16.0 Å². The SMILES string of the molecule is COc1cc(C2c3cc4c(cc3C(NC(=O)CNCCCNCCCN)C3COC(=O)C23)OCO4)cc(OC)c1O. The lowest BCUT2D eigenvalue weighted by molar-refractivity contribution is -0.141. The van der Waals surface area contributed by atoms with E-state index in [4.69, 9.17) is 29.4 Å². The largest absolute Gasteiger partial charge is 0.502 e. The second-order valence-electron chi connectivity index (χ2n) is 10.4. The number of rotatable bonds is 13. The number of cyclic esters (lactones) is 1. The molecular formula is C29H38N4O8. The normalized spacial score (nSPS) is 22.1. The first kappa shape index (κ1) is 28.8. The zero-order valence-electron chi connectivity index (χ0n) is 23.4. The van der Waals surface area contributed by atoms with Crippen molar-refractivity contribution in [3.05, 3.63) is 41.0 Å². The van der Waals surface area contributed by atoms with E-state index in [1.54, 1.807) is 12.1 Å². The topological polar surface area (TPSA) is 163 Å². The molecule has 0 radical (unpaired) electrons. The van der Waals surface area contributed by atoms with Gasteiger partial charge in [0.05, 0.1) is 39.3 Å². The van der Waals surface area contributed by atoms with Crippen LogP contribution in [0, 0.1) is 11.8 Å². The molecule has 4 unspecified atom stereocenters. The predicted molar refractivity (Wildman–Crippen MR) is 148 cm³/mol. The predicted octanol–water partition coefficient (Wildman–Crippen LogP) is 1.15. The van der Waals surface area contributed by atoms with Gasteiger partial charge in [-0.15, -0.1) is 0 Å². The van der Waals surface area contributed by atoms with Crippen molar-refractivity contribution in [2.45, 2.75) is 24.8 Å². The maximum Gasteiger partial charge on any atom is 0.310 e. The first-order chi connectivity index (χ1) is 20.0. The Hall–Kier alpha value is -3.74. The van der Waals surface area contributed by atoms with Crippen molar-refractivity contribution in [3.8, 4) is 28.7 Å². The highest BCUT2D eigenvalue weighted by Gasteiger charge is 2.53. The number of carbonyl (C=O) groups excluding carboxylic acids is 2. The molecule has 6 N–H and O–H groups in total. The molecule has 0 bridgehead atoms. The number of methoxy groups -OCH3 is 2. The molecular weight excluding hydrogens is 532 g/mol. The van der Waals surface area contributed by atoms with Crippen LogP contribution in [0.2, 0.25) is 0 Å². The molecule has 0 spiro atoms. The molecule has 3 aliphatic rings. The highest BCUT2D eigenvalue weighted by Crippen LogP contribution is 2.55. The van der Waals surface area contributed by atoms with E-state index in [0.29, 0.717) is 30.2 Å².